The highest BCUT2D eigenvalue weighted by atomic mass is 16.5. The number of hydrogen-bond donors (Lipinski definition) is 1. The van der Waals surface area contributed by atoms with E-state index in [1.165, 1.54) is 11.2 Å². The van der Waals surface area contributed by atoms with Crippen LogP contribution in [0.25, 0.3) is 0 Å². The molecule has 1 rings (SSSR count). The first-order valence-electron chi connectivity index (χ1n) is 7.67. The molecule has 1 N–H and O–H groups in total. The van der Waals surface area contributed by atoms with Crippen LogP contribution < -0.4 is 5.32 Å². The lowest BCUT2D eigenvalue weighted by atomic mass is 10.2. The third-order valence-corrected chi connectivity index (χ3v) is 3.03. The van der Waals surface area contributed by atoms with Crippen LogP contribution in [0.3, 0.4) is 0 Å². The molecule has 128 valence electrons. The summed E-state index contributed by atoms with van der Waals surface area (Å²) in [4.78, 5) is 40.6. The van der Waals surface area contributed by atoms with Crippen LogP contribution in [0.1, 0.15) is 50.0 Å². The van der Waals surface area contributed by atoms with Crippen molar-refractivity contribution in [3.63, 3.8) is 0 Å². The van der Waals surface area contributed by atoms with Gasteiger partial charge in [0.15, 0.2) is 5.69 Å². The average molecular weight is 325 g/mol. The molecule has 8 nitrogen and oxygen atoms in total. The molecule has 0 aliphatic rings. The van der Waals surface area contributed by atoms with Crippen molar-refractivity contribution < 1.29 is 23.5 Å². The molecular weight excluding hydrogens is 302 g/mol. The summed E-state index contributed by atoms with van der Waals surface area (Å²) in [5.74, 6) is -0.637. The number of oxazole rings is 1. The number of nitrogens with zero attached hydrogens (tertiary/aromatic N) is 2. The second-order valence-electron chi connectivity index (χ2n) is 4.70. The van der Waals surface area contributed by atoms with Gasteiger partial charge in [0.1, 0.15) is 6.26 Å². The molecule has 1 aromatic rings. The van der Waals surface area contributed by atoms with Gasteiger partial charge in [-0.15, -0.1) is 0 Å². The number of rotatable bonds is 9. The third-order valence-electron chi connectivity index (χ3n) is 3.03. The van der Waals surface area contributed by atoms with E-state index in [0.717, 1.165) is 0 Å². The van der Waals surface area contributed by atoms with Crippen LogP contribution in [0.5, 0.6) is 0 Å². The first-order valence-corrected chi connectivity index (χ1v) is 7.67. The molecule has 0 aliphatic carbocycles. The second kappa shape index (κ2) is 9.60. The summed E-state index contributed by atoms with van der Waals surface area (Å²) in [6, 6.07) is 0. The maximum absolute atomic E-state index is 12.1. The summed E-state index contributed by atoms with van der Waals surface area (Å²) in [5, 5.41) is 2.62. The Morgan fingerprint density at radius 2 is 2.00 bits per heavy atom. The molecule has 1 heterocycles. The molecule has 0 atom stereocenters. The molecule has 0 aromatic carbocycles. The van der Waals surface area contributed by atoms with Crippen molar-refractivity contribution in [1.82, 2.24) is 15.2 Å². The molecule has 0 fully saturated rings. The van der Waals surface area contributed by atoms with Crippen molar-refractivity contribution in [3.05, 3.63) is 17.8 Å². The van der Waals surface area contributed by atoms with Gasteiger partial charge in [-0.3, -0.25) is 14.4 Å². The highest BCUT2D eigenvalue weighted by molar-refractivity contribution is 5.91. The number of nitrogens with one attached hydrogen (secondary N) is 1. The number of carbonyl (C=O) groups excluding carboxylic acids is 3. The molecule has 23 heavy (non-hydrogen) atoms. The molecule has 0 aliphatic heterocycles. The maximum Gasteiger partial charge on any atom is 0.306 e. The summed E-state index contributed by atoms with van der Waals surface area (Å²) in [7, 11) is 0. The standard InChI is InChI=1S/C15H23N3O5/c1-4-16-15(21)11-10-23-12(17-11)9-18(5-2)13(19)7-8-14(20)22-6-3/h10H,4-9H2,1-3H3,(H,16,21). The number of hydrogen-bond acceptors (Lipinski definition) is 6. The molecule has 0 unspecified atom stereocenters. The number of amides is 2. The minimum Gasteiger partial charge on any atom is -0.466 e. The van der Waals surface area contributed by atoms with E-state index < -0.39 is 5.97 Å². The third kappa shape index (κ3) is 6.09. The number of carbonyl (C=O) groups is 3. The van der Waals surface area contributed by atoms with Crippen molar-refractivity contribution in [3.8, 4) is 0 Å². The first-order chi connectivity index (χ1) is 11.0. The van der Waals surface area contributed by atoms with Gasteiger partial charge in [0.05, 0.1) is 19.6 Å². The van der Waals surface area contributed by atoms with Gasteiger partial charge in [-0.25, -0.2) is 4.98 Å². The molecular formula is C15H23N3O5. The lowest BCUT2D eigenvalue weighted by Crippen LogP contribution is -2.31. The number of esters is 1. The quantitative estimate of drug-likeness (QED) is 0.683. The zero-order valence-corrected chi connectivity index (χ0v) is 13.8. The smallest absolute Gasteiger partial charge is 0.306 e. The molecule has 0 spiro atoms. The molecule has 0 bridgehead atoms. The van der Waals surface area contributed by atoms with Crippen LogP contribution in [0.2, 0.25) is 0 Å². The van der Waals surface area contributed by atoms with Crippen LogP contribution in [-0.2, 0) is 20.9 Å². The Morgan fingerprint density at radius 3 is 2.61 bits per heavy atom. The molecule has 0 saturated heterocycles. The van der Waals surface area contributed by atoms with Crippen LogP contribution >= 0.6 is 0 Å². The minimum absolute atomic E-state index is 0.0406. The van der Waals surface area contributed by atoms with E-state index in [-0.39, 0.29) is 42.8 Å². The second-order valence-corrected chi connectivity index (χ2v) is 4.70. The molecule has 8 heteroatoms. The van der Waals surface area contributed by atoms with E-state index in [1.807, 2.05) is 6.92 Å². The monoisotopic (exact) mass is 325 g/mol. The predicted molar refractivity (Wildman–Crippen MR) is 81.5 cm³/mol. The molecule has 1 aromatic heterocycles. The summed E-state index contributed by atoms with van der Waals surface area (Å²) >= 11 is 0. The fourth-order valence-corrected chi connectivity index (χ4v) is 1.88. The van der Waals surface area contributed by atoms with Crippen molar-refractivity contribution in [1.29, 1.82) is 0 Å². The number of ether oxygens (including phenoxy) is 1. The van der Waals surface area contributed by atoms with Crippen molar-refractivity contribution in [2.24, 2.45) is 0 Å². The van der Waals surface area contributed by atoms with Crippen LogP contribution in [0, 0.1) is 0 Å². The van der Waals surface area contributed by atoms with Gasteiger partial charge in [-0.2, -0.15) is 0 Å². The van der Waals surface area contributed by atoms with Gasteiger partial charge >= 0.3 is 5.97 Å². The first kappa shape index (κ1) is 18.7. The van der Waals surface area contributed by atoms with Gasteiger partial charge in [-0.1, -0.05) is 0 Å². The van der Waals surface area contributed by atoms with E-state index in [9.17, 15) is 14.4 Å². The van der Waals surface area contributed by atoms with Crippen molar-refractivity contribution in [2.75, 3.05) is 19.7 Å². The molecule has 2 amide bonds. The predicted octanol–water partition coefficient (Wildman–Crippen LogP) is 1.12. The lowest BCUT2D eigenvalue weighted by Gasteiger charge is -2.18. The maximum atomic E-state index is 12.1. The Hall–Kier alpha value is -2.38. The average Bonchev–Trinajstić information content (AvgIpc) is 2.99. The van der Waals surface area contributed by atoms with E-state index in [1.54, 1.807) is 13.8 Å². The van der Waals surface area contributed by atoms with Crippen LogP contribution in [0.4, 0.5) is 0 Å². The fraction of sp³-hybridized carbons (Fsp3) is 0.600. The Bertz CT molecular complexity index is 541. The molecule has 0 saturated carbocycles. The SMILES string of the molecule is CCNC(=O)c1coc(CN(CC)C(=O)CCC(=O)OCC)n1. The Balaban J connectivity index is 2.57. The van der Waals surface area contributed by atoms with E-state index in [4.69, 9.17) is 9.15 Å². The van der Waals surface area contributed by atoms with E-state index >= 15 is 0 Å². The van der Waals surface area contributed by atoms with Crippen LogP contribution in [0.15, 0.2) is 10.7 Å². The van der Waals surface area contributed by atoms with Crippen molar-refractivity contribution in [2.45, 2.75) is 40.2 Å². The highest BCUT2D eigenvalue weighted by Gasteiger charge is 2.18. The van der Waals surface area contributed by atoms with Gasteiger partial charge in [0, 0.05) is 19.5 Å². The summed E-state index contributed by atoms with van der Waals surface area (Å²) < 4.78 is 10.0. The summed E-state index contributed by atoms with van der Waals surface area (Å²) in [6.07, 6.45) is 1.37. The Labute approximate surface area is 135 Å². The van der Waals surface area contributed by atoms with Crippen LogP contribution in [-0.4, -0.2) is 47.4 Å². The minimum atomic E-state index is -0.397. The largest absolute Gasteiger partial charge is 0.466 e. The van der Waals surface area contributed by atoms with E-state index in [0.29, 0.717) is 19.7 Å². The topological polar surface area (TPSA) is 102 Å². The summed E-state index contributed by atoms with van der Waals surface area (Å²) in [5.41, 5.74) is 0.178. The number of aromatic nitrogens is 1. The fourth-order valence-electron chi connectivity index (χ4n) is 1.88. The zero-order chi connectivity index (χ0) is 17.2. The van der Waals surface area contributed by atoms with Gasteiger partial charge in [-0.05, 0) is 20.8 Å². The molecule has 0 radical (unpaired) electrons. The van der Waals surface area contributed by atoms with E-state index in [2.05, 4.69) is 10.3 Å². The Morgan fingerprint density at radius 1 is 1.26 bits per heavy atom. The highest BCUT2D eigenvalue weighted by Crippen LogP contribution is 2.08. The van der Waals surface area contributed by atoms with Crippen molar-refractivity contribution >= 4 is 17.8 Å². The van der Waals surface area contributed by atoms with Gasteiger partial charge < -0.3 is 19.4 Å². The Kier molecular flexibility index (Phi) is 7.79. The van der Waals surface area contributed by atoms with Gasteiger partial charge in [0.25, 0.3) is 5.91 Å². The van der Waals surface area contributed by atoms with Gasteiger partial charge in [0.2, 0.25) is 11.8 Å². The zero-order valence-electron chi connectivity index (χ0n) is 13.8. The summed E-state index contributed by atoms with van der Waals surface area (Å²) in [6.45, 7) is 6.72. The lowest BCUT2D eigenvalue weighted by molar-refractivity contribution is -0.145. The normalized spacial score (nSPS) is 10.2.